The summed E-state index contributed by atoms with van der Waals surface area (Å²) in [5, 5.41) is 0.412. The van der Waals surface area contributed by atoms with Crippen molar-refractivity contribution in [3.05, 3.63) is 28.4 Å². The molecular weight excluding hydrogens is 274 g/mol. The smallest absolute Gasteiger partial charge is 0.172 e. The highest BCUT2D eigenvalue weighted by atomic mass is 35.5. The highest BCUT2D eigenvalue weighted by molar-refractivity contribution is 6.32. The normalized spacial score (nSPS) is 15.9. The molecule has 1 aromatic carbocycles. The molecule has 0 aliphatic carbocycles. The Balaban J connectivity index is 2.05. The van der Waals surface area contributed by atoms with Crippen LogP contribution < -0.4 is 4.90 Å². The van der Waals surface area contributed by atoms with Gasteiger partial charge in [-0.25, -0.2) is 9.97 Å². The number of rotatable bonds is 1. The van der Waals surface area contributed by atoms with Crippen LogP contribution >= 0.6 is 11.6 Å². The third kappa shape index (κ3) is 2.36. The third-order valence-electron chi connectivity index (χ3n) is 3.84. The van der Waals surface area contributed by atoms with Crippen molar-refractivity contribution in [3.63, 3.8) is 0 Å². The molecule has 1 saturated heterocycles. The molecule has 1 aliphatic rings. The summed E-state index contributed by atoms with van der Waals surface area (Å²) in [5.74, 6) is 0.993. The van der Waals surface area contributed by atoms with Crippen molar-refractivity contribution < 1.29 is 4.79 Å². The standard InChI is InChI=1S/C15H16ClN3O/c1-9-7-12-13(8-10(9)2)18-15(14(16)17-12)19-5-3-11(20)4-6-19/h7-8H,3-6H2,1-2H3. The van der Waals surface area contributed by atoms with E-state index < -0.39 is 0 Å². The summed E-state index contributed by atoms with van der Waals surface area (Å²) in [6.07, 6.45) is 1.12. The van der Waals surface area contributed by atoms with E-state index in [1.807, 2.05) is 17.0 Å². The fourth-order valence-corrected chi connectivity index (χ4v) is 2.70. The number of fused-ring (bicyclic) bond motifs is 1. The lowest BCUT2D eigenvalue weighted by atomic mass is 10.1. The maximum atomic E-state index is 11.3. The van der Waals surface area contributed by atoms with E-state index in [9.17, 15) is 4.79 Å². The van der Waals surface area contributed by atoms with Gasteiger partial charge >= 0.3 is 0 Å². The van der Waals surface area contributed by atoms with Crippen LogP contribution in [-0.4, -0.2) is 28.8 Å². The zero-order chi connectivity index (χ0) is 14.3. The van der Waals surface area contributed by atoms with Gasteiger partial charge in [0.2, 0.25) is 0 Å². The number of ketones is 1. The Bertz CT molecular complexity index is 689. The number of anilines is 1. The number of halogens is 1. The van der Waals surface area contributed by atoms with Crippen molar-refractivity contribution in [2.75, 3.05) is 18.0 Å². The minimum Gasteiger partial charge on any atom is -0.353 e. The van der Waals surface area contributed by atoms with Crippen molar-refractivity contribution in [2.24, 2.45) is 0 Å². The van der Waals surface area contributed by atoms with Crippen molar-refractivity contribution in [3.8, 4) is 0 Å². The van der Waals surface area contributed by atoms with Gasteiger partial charge in [-0.05, 0) is 37.1 Å². The second-order valence-corrected chi connectivity index (χ2v) is 5.65. The highest BCUT2D eigenvalue weighted by Crippen LogP contribution is 2.27. The van der Waals surface area contributed by atoms with Crippen LogP contribution in [0, 0.1) is 13.8 Å². The van der Waals surface area contributed by atoms with E-state index in [1.54, 1.807) is 0 Å². The van der Waals surface area contributed by atoms with E-state index in [0.29, 0.717) is 42.7 Å². The monoisotopic (exact) mass is 289 g/mol. The number of piperidine rings is 1. The van der Waals surface area contributed by atoms with E-state index in [4.69, 9.17) is 11.6 Å². The predicted molar refractivity (Wildman–Crippen MR) is 80.5 cm³/mol. The van der Waals surface area contributed by atoms with E-state index in [1.165, 1.54) is 11.1 Å². The second-order valence-electron chi connectivity index (χ2n) is 5.29. The highest BCUT2D eigenvalue weighted by Gasteiger charge is 2.20. The van der Waals surface area contributed by atoms with E-state index in [-0.39, 0.29) is 0 Å². The Labute approximate surface area is 122 Å². The molecule has 1 fully saturated rings. The number of hydrogen-bond acceptors (Lipinski definition) is 4. The Morgan fingerprint density at radius 2 is 1.60 bits per heavy atom. The molecular formula is C15H16ClN3O. The van der Waals surface area contributed by atoms with Crippen molar-refractivity contribution in [1.29, 1.82) is 0 Å². The van der Waals surface area contributed by atoms with Gasteiger partial charge in [0, 0.05) is 25.9 Å². The van der Waals surface area contributed by atoms with Crippen LogP contribution in [0.2, 0.25) is 5.15 Å². The van der Waals surface area contributed by atoms with Crippen molar-refractivity contribution in [1.82, 2.24) is 9.97 Å². The molecule has 20 heavy (non-hydrogen) atoms. The fourth-order valence-electron chi connectivity index (χ4n) is 2.45. The minimum absolute atomic E-state index is 0.303. The van der Waals surface area contributed by atoms with Gasteiger partial charge in [-0.2, -0.15) is 0 Å². The number of carbonyl (C=O) groups excluding carboxylic acids is 1. The van der Waals surface area contributed by atoms with Gasteiger partial charge < -0.3 is 4.90 Å². The molecule has 2 aromatic rings. The first-order valence-corrected chi connectivity index (χ1v) is 7.13. The van der Waals surface area contributed by atoms with Gasteiger partial charge in [-0.3, -0.25) is 4.79 Å². The Kier molecular flexibility index (Phi) is 3.34. The predicted octanol–water partition coefficient (Wildman–Crippen LogP) is 3.07. The van der Waals surface area contributed by atoms with Gasteiger partial charge in [-0.15, -0.1) is 0 Å². The Morgan fingerprint density at radius 1 is 1.05 bits per heavy atom. The number of benzene rings is 1. The quantitative estimate of drug-likeness (QED) is 0.809. The summed E-state index contributed by atoms with van der Waals surface area (Å²) in [4.78, 5) is 22.5. The van der Waals surface area contributed by atoms with E-state index >= 15 is 0 Å². The van der Waals surface area contributed by atoms with Crippen molar-refractivity contribution in [2.45, 2.75) is 26.7 Å². The summed E-state index contributed by atoms with van der Waals surface area (Å²) >= 11 is 6.26. The summed E-state index contributed by atoms with van der Waals surface area (Å²) < 4.78 is 0. The van der Waals surface area contributed by atoms with E-state index in [0.717, 1.165) is 11.0 Å². The SMILES string of the molecule is Cc1cc2nc(Cl)c(N3CCC(=O)CC3)nc2cc1C. The first-order valence-electron chi connectivity index (χ1n) is 6.76. The van der Waals surface area contributed by atoms with Crippen LogP contribution in [0.4, 0.5) is 5.82 Å². The summed E-state index contributed by atoms with van der Waals surface area (Å²) in [7, 11) is 0. The molecule has 0 amide bonds. The summed E-state index contributed by atoms with van der Waals surface area (Å²) in [6.45, 7) is 5.45. The largest absolute Gasteiger partial charge is 0.353 e. The molecule has 0 saturated carbocycles. The maximum absolute atomic E-state index is 11.3. The van der Waals surface area contributed by atoms with Crippen LogP contribution in [0.15, 0.2) is 12.1 Å². The van der Waals surface area contributed by atoms with Crippen LogP contribution in [0.25, 0.3) is 11.0 Å². The van der Waals surface area contributed by atoms with Crippen LogP contribution in [0.3, 0.4) is 0 Å². The second kappa shape index (κ2) is 5.02. The van der Waals surface area contributed by atoms with Gasteiger partial charge in [-0.1, -0.05) is 11.6 Å². The number of hydrogen-bond donors (Lipinski definition) is 0. The number of aromatic nitrogens is 2. The number of aryl methyl sites for hydroxylation is 2. The minimum atomic E-state index is 0.303. The molecule has 5 heteroatoms. The number of nitrogens with zero attached hydrogens (tertiary/aromatic N) is 3. The molecule has 2 heterocycles. The molecule has 0 spiro atoms. The molecule has 0 bridgehead atoms. The van der Waals surface area contributed by atoms with Crippen LogP contribution in [0.5, 0.6) is 0 Å². The average molecular weight is 290 g/mol. The molecule has 0 unspecified atom stereocenters. The lowest BCUT2D eigenvalue weighted by Crippen LogP contribution is -2.34. The lowest BCUT2D eigenvalue weighted by molar-refractivity contribution is -0.119. The molecule has 0 radical (unpaired) electrons. The zero-order valence-corrected chi connectivity index (χ0v) is 12.4. The van der Waals surface area contributed by atoms with Gasteiger partial charge in [0.05, 0.1) is 11.0 Å². The fraction of sp³-hybridized carbons (Fsp3) is 0.400. The molecule has 4 nitrogen and oxygen atoms in total. The topological polar surface area (TPSA) is 46.1 Å². The molecule has 1 aromatic heterocycles. The third-order valence-corrected chi connectivity index (χ3v) is 4.09. The summed E-state index contributed by atoms with van der Waals surface area (Å²) in [6, 6.07) is 4.04. The zero-order valence-electron chi connectivity index (χ0n) is 11.6. The number of Topliss-reactive ketones (excluding diaryl/α,β-unsaturated/α-hetero) is 1. The van der Waals surface area contributed by atoms with Gasteiger partial charge in [0.1, 0.15) is 5.78 Å². The lowest BCUT2D eigenvalue weighted by Gasteiger charge is -2.27. The summed E-state index contributed by atoms with van der Waals surface area (Å²) in [5.41, 5.74) is 4.03. The maximum Gasteiger partial charge on any atom is 0.172 e. The average Bonchev–Trinajstić information content (AvgIpc) is 2.41. The van der Waals surface area contributed by atoms with Crippen LogP contribution in [0.1, 0.15) is 24.0 Å². The van der Waals surface area contributed by atoms with Gasteiger partial charge in [0.25, 0.3) is 0 Å². The molecule has 104 valence electrons. The Morgan fingerprint density at radius 3 is 2.20 bits per heavy atom. The molecule has 1 aliphatic heterocycles. The van der Waals surface area contributed by atoms with E-state index in [2.05, 4.69) is 23.8 Å². The first-order chi connectivity index (χ1) is 9.54. The Hall–Kier alpha value is -1.68. The number of carbonyl (C=O) groups is 1. The molecule has 3 rings (SSSR count). The molecule has 0 atom stereocenters. The van der Waals surface area contributed by atoms with Gasteiger partial charge in [0.15, 0.2) is 11.0 Å². The first kappa shape index (κ1) is 13.3. The van der Waals surface area contributed by atoms with Crippen LogP contribution in [-0.2, 0) is 4.79 Å². The van der Waals surface area contributed by atoms with Crippen molar-refractivity contribution >= 4 is 34.2 Å². The molecule has 0 N–H and O–H groups in total.